The second kappa shape index (κ2) is 8.65. The molecule has 1 saturated heterocycles. The van der Waals surface area contributed by atoms with Crippen molar-refractivity contribution in [2.75, 3.05) is 18.5 Å². The van der Waals surface area contributed by atoms with E-state index in [-0.39, 0.29) is 26.6 Å². The first-order valence-electron chi connectivity index (χ1n) is 10.3. The van der Waals surface area contributed by atoms with Crippen LogP contribution in [0.4, 0.5) is 5.69 Å². The monoisotopic (exact) mass is 544 g/mol. The number of rotatable bonds is 3. The van der Waals surface area contributed by atoms with Crippen LogP contribution < -0.4 is 5.32 Å². The average Bonchev–Trinajstić information content (AvgIpc) is 3.52. The molecule has 1 amide bonds. The van der Waals surface area contributed by atoms with Gasteiger partial charge in [0.1, 0.15) is 0 Å². The molecule has 0 aromatic carbocycles. The normalized spacial score (nSPS) is 20.9. The Hall–Kier alpha value is -2.75. The molecule has 2 aliphatic heterocycles. The summed E-state index contributed by atoms with van der Waals surface area (Å²) in [6.07, 6.45) is 9.25. The average molecular weight is 544 g/mol. The van der Waals surface area contributed by atoms with Crippen molar-refractivity contribution in [3.8, 4) is 6.07 Å². The summed E-state index contributed by atoms with van der Waals surface area (Å²) in [7, 11) is 0. The Balaban J connectivity index is 1.26. The molecular formula is C22H21IN6O3. The van der Waals surface area contributed by atoms with Crippen molar-refractivity contribution >= 4 is 42.3 Å². The van der Waals surface area contributed by atoms with Crippen LogP contribution in [0.3, 0.4) is 0 Å². The van der Waals surface area contributed by atoms with Crippen molar-refractivity contribution in [1.29, 1.82) is 5.26 Å². The highest BCUT2D eigenvalue weighted by molar-refractivity contribution is 14.2. The van der Waals surface area contributed by atoms with Gasteiger partial charge in [-0.15, -0.1) is 0 Å². The molecule has 3 aliphatic rings. The van der Waals surface area contributed by atoms with E-state index < -0.39 is 11.2 Å². The van der Waals surface area contributed by atoms with Crippen molar-refractivity contribution in [2.24, 2.45) is 4.99 Å². The van der Waals surface area contributed by atoms with Gasteiger partial charge in [-0.05, 0) is 35.1 Å². The summed E-state index contributed by atoms with van der Waals surface area (Å²) in [5.41, 5.74) is 1.02. The van der Waals surface area contributed by atoms with Crippen LogP contribution in [0.15, 0.2) is 45.9 Å². The molecule has 1 aliphatic carbocycles. The van der Waals surface area contributed by atoms with Gasteiger partial charge in [0.25, 0.3) is 5.91 Å². The van der Waals surface area contributed by atoms with Crippen LogP contribution in [0.1, 0.15) is 41.7 Å². The number of nitriles is 1. The molecule has 164 valence electrons. The first kappa shape index (κ1) is 21.1. The van der Waals surface area contributed by atoms with Gasteiger partial charge >= 0.3 is 0 Å². The molecule has 1 saturated carbocycles. The number of halogens is 1. The van der Waals surface area contributed by atoms with E-state index in [0.717, 1.165) is 0 Å². The third kappa shape index (κ3) is 4.03. The number of aromatic nitrogens is 3. The molecule has 0 atom stereocenters. The summed E-state index contributed by atoms with van der Waals surface area (Å²) in [6, 6.07) is 6.07. The molecule has 32 heavy (non-hydrogen) atoms. The molecule has 0 bridgehead atoms. The molecule has 0 radical (unpaired) electrons. The largest absolute Gasteiger partial charge is 0.348 e. The van der Waals surface area contributed by atoms with Crippen LogP contribution in [0.2, 0.25) is 0 Å². The molecule has 5 rings (SSSR count). The van der Waals surface area contributed by atoms with E-state index in [9.17, 15) is 10.1 Å². The maximum Gasteiger partial charge on any atom is 0.258 e. The van der Waals surface area contributed by atoms with Crippen LogP contribution >= 0.6 is 20.7 Å². The van der Waals surface area contributed by atoms with Gasteiger partial charge in [0.15, 0.2) is 11.6 Å². The smallest absolute Gasteiger partial charge is 0.258 e. The van der Waals surface area contributed by atoms with E-state index >= 15 is 0 Å². The fourth-order valence-electron chi connectivity index (χ4n) is 4.17. The summed E-state index contributed by atoms with van der Waals surface area (Å²) in [5.74, 6) is -0.129. The zero-order valence-electron chi connectivity index (χ0n) is 17.2. The van der Waals surface area contributed by atoms with Gasteiger partial charge in [-0.25, -0.2) is 9.67 Å². The summed E-state index contributed by atoms with van der Waals surface area (Å²) in [6.45, 7) is 1.21. The first-order chi connectivity index (χ1) is 15.6. The molecule has 9 nitrogen and oxygen atoms in total. The Morgan fingerprint density at radius 3 is 2.66 bits per heavy atom. The zero-order valence-corrected chi connectivity index (χ0v) is 19.4. The van der Waals surface area contributed by atoms with E-state index in [2.05, 4.69) is 30.5 Å². The number of carbonyl (C=O) groups is 1. The third-order valence-corrected chi connectivity index (χ3v) is 7.38. The minimum Gasteiger partial charge on any atom is -0.348 e. The van der Waals surface area contributed by atoms with E-state index in [0.29, 0.717) is 61.7 Å². The Morgan fingerprint density at radius 1 is 1.19 bits per heavy atom. The Morgan fingerprint density at radius 2 is 2.00 bits per heavy atom. The van der Waals surface area contributed by atoms with Crippen LogP contribution in [0, 0.1) is 11.3 Å². The fraction of sp³-hybridized carbons (Fsp3) is 0.364. The SMILES string of the molecule is N#CC1(c2ccc(NC(=O)c3cnn(C4=NC=IC=C4)c3)cn2)CCC2(CC1)OCCO2. The molecular weight excluding hydrogens is 523 g/mol. The second-order valence-electron chi connectivity index (χ2n) is 7.86. The van der Waals surface area contributed by atoms with E-state index in [4.69, 9.17) is 9.47 Å². The summed E-state index contributed by atoms with van der Waals surface area (Å²) in [5, 5.41) is 17.0. The van der Waals surface area contributed by atoms with Crippen molar-refractivity contribution in [2.45, 2.75) is 36.9 Å². The molecule has 1 spiro atoms. The molecule has 2 aromatic rings. The highest BCUT2D eigenvalue weighted by atomic mass is 127. The van der Waals surface area contributed by atoms with E-state index in [1.165, 1.54) is 6.20 Å². The van der Waals surface area contributed by atoms with Crippen molar-refractivity contribution in [3.05, 3.63) is 52.1 Å². The number of hydrogen-bond acceptors (Lipinski definition) is 7. The highest BCUT2D eigenvalue weighted by Crippen LogP contribution is 2.45. The number of nitrogens with one attached hydrogen (secondary N) is 1. The van der Waals surface area contributed by atoms with Gasteiger partial charge in [-0.1, -0.05) is 20.7 Å². The quantitative estimate of drug-likeness (QED) is 0.595. The van der Waals surface area contributed by atoms with Crippen LogP contribution in [0.25, 0.3) is 0 Å². The number of hydrogen-bond donors (Lipinski definition) is 1. The number of allylic oxidation sites excluding steroid dienone is 1. The fourth-order valence-corrected chi connectivity index (χ4v) is 5.33. The Bertz CT molecular complexity index is 1150. The molecule has 1 N–H and O–H groups in total. The maximum absolute atomic E-state index is 12.6. The second-order valence-corrected chi connectivity index (χ2v) is 9.86. The van der Waals surface area contributed by atoms with Gasteiger partial charge in [-0.2, -0.15) is 10.4 Å². The molecule has 10 heteroatoms. The molecule has 0 unspecified atom stereocenters. The van der Waals surface area contributed by atoms with E-state index in [1.807, 2.05) is 16.3 Å². The number of aliphatic imine (C=N–C) groups is 1. The molecule has 4 heterocycles. The van der Waals surface area contributed by atoms with Gasteiger partial charge < -0.3 is 14.8 Å². The number of ether oxygens (including phenoxy) is 2. The number of amides is 1. The molecule has 2 fully saturated rings. The highest BCUT2D eigenvalue weighted by Gasteiger charge is 2.48. The number of pyridine rings is 1. The van der Waals surface area contributed by atoms with Crippen molar-refractivity contribution < 1.29 is 14.3 Å². The summed E-state index contributed by atoms with van der Waals surface area (Å²) >= 11 is -0.115. The summed E-state index contributed by atoms with van der Waals surface area (Å²) < 4.78 is 17.1. The maximum atomic E-state index is 12.6. The van der Waals surface area contributed by atoms with Crippen LogP contribution in [-0.2, 0) is 14.9 Å². The summed E-state index contributed by atoms with van der Waals surface area (Å²) in [4.78, 5) is 21.5. The number of nitrogens with zero attached hydrogens (tertiary/aromatic N) is 5. The lowest BCUT2D eigenvalue weighted by Gasteiger charge is -2.39. The lowest BCUT2D eigenvalue weighted by molar-refractivity contribution is -0.182. The Kier molecular flexibility index (Phi) is 5.71. The van der Waals surface area contributed by atoms with Gasteiger partial charge in [-0.3, -0.25) is 9.78 Å². The Labute approximate surface area is 194 Å². The van der Waals surface area contributed by atoms with Gasteiger partial charge in [0.2, 0.25) is 0 Å². The van der Waals surface area contributed by atoms with Crippen molar-refractivity contribution in [1.82, 2.24) is 14.8 Å². The number of carbonyl (C=O) groups excluding carboxylic acids is 1. The van der Waals surface area contributed by atoms with Crippen LogP contribution in [0.5, 0.6) is 0 Å². The minimum atomic E-state index is -0.669. The lowest BCUT2D eigenvalue weighted by Crippen LogP contribution is -2.41. The third-order valence-electron chi connectivity index (χ3n) is 6.01. The first-order valence-corrected chi connectivity index (χ1v) is 12.8. The minimum absolute atomic E-state index is 0.115. The predicted molar refractivity (Wildman–Crippen MR) is 127 cm³/mol. The zero-order chi connectivity index (χ0) is 22.0. The number of anilines is 1. The topological polar surface area (TPSA) is 114 Å². The lowest BCUT2D eigenvalue weighted by atomic mass is 9.70. The van der Waals surface area contributed by atoms with Crippen LogP contribution in [-0.4, -0.2) is 49.6 Å². The van der Waals surface area contributed by atoms with Gasteiger partial charge in [0, 0.05) is 19.0 Å². The van der Waals surface area contributed by atoms with E-state index in [1.54, 1.807) is 23.1 Å². The standard InChI is InChI=1S/C22H21IN6O3/c24-14-21(4-6-22(7-5-21)31-9-10-32-22)18-2-1-17(12-25-18)28-20(30)16-11-27-29(13-16)19-3-8-23-15-26-19/h1-3,8,11-13,15H,4-7,9-10H2,(H,28,30). The van der Waals surface area contributed by atoms with Gasteiger partial charge in [0.05, 0.1) is 58.2 Å². The van der Waals surface area contributed by atoms with Crippen molar-refractivity contribution in [3.63, 3.8) is 0 Å². The predicted octanol–water partition coefficient (Wildman–Crippen LogP) is 3.11. The molecule has 2 aromatic heterocycles.